The molecule has 3 aliphatic rings. The highest BCUT2D eigenvalue weighted by Crippen LogP contribution is 2.55. The Hall–Kier alpha value is -15.7. The van der Waals surface area contributed by atoms with Crippen LogP contribution in [0.4, 0.5) is 0 Å². The van der Waals surface area contributed by atoms with Gasteiger partial charge in [-0.15, -0.1) is 0 Å². The molecular formula is C119H81N7. The van der Waals surface area contributed by atoms with Gasteiger partial charge in [-0.3, -0.25) is 4.57 Å². The van der Waals surface area contributed by atoms with Crippen molar-refractivity contribution in [3.63, 3.8) is 0 Å². The van der Waals surface area contributed by atoms with E-state index in [4.69, 9.17) is 9.97 Å². The van der Waals surface area contributed by atoms with Gasteiger partial charge < -0.3 is 18.3 Å². The lowest BCUT2D eigenvalue weighted by atomic mass is 9.82. The normalized spacial score (nSPS) is 14.0. The van der Waals surface area contributed by atoms with Crippen LogP contribution in [0.3, 0.4) is 0 Å². The van der Waals surface area contributed by atoms with Crippen LogP contribution in [0.25, 0.3) is 227 Å². The Morgan fingerprint density at radius 3 is 0.802 bits per heavy atom. The molecular weight excluding hydrogens is 1530 g/mol. The Morgan fingerprint density at radius 2 is 0.444 bits per heavy atom. The molecule has 27 rings (SSSR count). The summed E-state index contributed by atoms with van der Waals surface area (Å²) in [6, 6.07) is 143. The summed E-state index contributed by atoms with van der Waals surface area (Å²) in [5.74, 6) is 1.47. The molecule has 0 N–H and O–H groups in total. The summed E-state index contributed by atoms with van der Waals surface area (Å²) in [6.45, 7) is 14.2. The van der Waals surface area contributed by atoms with Crippen LogP contribution < -0.4 is 0 Å². The van der Waals surface area contributed by atoms with Gasteiger partial charge in [0.1, 0.15) is 5.82 Å². The molecule has 7 nitrogen and oxygen atoms in total. The van der Waals surface area contributed by atoms with Crippen molar-refractivity contribution in [1.82, 2.24) is 32.8 Å². The fraction of sp³-hybridized carbons (Fsp3) is 0.0756. The molecule has 6 heterocycles. The van der Waals surface area contributed by atoms with Crippen LogP contribution in [-0.2, 0) is 16.2 Å². The molecule has 0 saturated carbocycles. The lowest BCUT2D eigenvalue weighted by molar-refractivity contribution is 0.660. The maximum Gasteiger partial charge on any atom is 0.162 e. The zero-order chi connectivity index (χ0) is 83.5. The lowest BCUT2D eigenvalue weighted by Gasteiger charge is -2.22. The predicted molar refractivity (Wildman–Crippen MR) is 526 cm³/mol. The van der Waals surface area contributed by atoms with Gasteiger partial charge >= 0.3 is 0 Å². The number of para-hydroxylation sites is 5. The van der Waals surface area contributed by atoms with E-state index >= 15 is 0 Å². The minimum atomic E-state index is -0.133. The fourth-order valence-corrected chi connectivity index (χ4v) is 23.0. The summed E-state index contributed by atoms with van der Waals surface area (Å²) in [5, 5.41) is 12.9. The highest BCUT2D eigenvalue weighted by atomic mass is 15.1. The highest BCUT2D eigenvalue weighted by Gasteiger charge is 2.39. The first kappa shape index (κ1) is 70.9. The van der Waals surface area contributed by atoms with E-state index in [0.29, 0.717) is 5.82 Å². The predicted octanol–water partition coefficient (Wildman–Crippen LogP) is 30.7. The largest absolute Gasteiger partial charge is 0.309 e. The van der Waals surface area contributed by atoms with E-state index in [2.05, 4.69) is 447 Å². The first-order valence-electron chi connectivity index (χ1n) is 44.1. The van der Waals surface area contributed by atoms with Crippen molar-refractivity contribution in [2.24, 2.45) is 0 Å². The van der Waals surface area contributed by atoms with Gasteiger partial charge in [0.2, 0.25) is 0 Å². The number of nitrogens with zero attached hydrogens (tertiary/aromatic N) is 7. The van der Waals surface area contributed by atoms with Crippen LogP contribution in [0.2, 0.25) is 0 Å². The van der Waals surface area contributed by atoms with Crippen molar-refractivity contribution in [2.75, 3.05) is 0 Å². The maximum absolute atomic E-state index is 5.77. The third-order valence-corrected chi connectivity index (χ3v) is 29.1. The number of rotatable bonds is 9. The average Bonchev–Trinajstić information content (AvgIpc) is 1.56. The Balaban J connectivity index is 0.591. The summed E-state index contributed by atoms with van der Waals surface area (Å²) < 4.78 is 12.2. The third-order valence-electron chi connectivity index (χ3n) is 29.1. The monoisotopic (exact) mass is 1610 g/mol. The standard InChI is InChI=1S/C119H81N7/c1-117(2)98-34-15-7-26-81(98)84-51-48-78(67-101(84)117)123-105-38-19-11-29-87(105)92-61-70(42-54-109(92)123)73-47-59-114-95(64-73)90-32-14-22-41-108(90)126(114)116-91-33-10-18-37-104(91)120-115(121-116)76-24-23-25-77(60-76)122-112-57-45-74(71-43-55-110-93(62-71)88-30-12-20-39-106(88)124(110)79-49-52-85-82-27-8-16-35-99(82)118(3,4)102(85)68-79)65-96(112)97-66-75(46-58-113(97)122)72-44-56-111-94(63-72)89-31-13-21-40-107(89)125(111)80-50-53-86-83-28-9-17-36-100(83)119(5,6)103(86)69-80/h7-69H,1-6H3. The molecule has 0 spiro atoms. The van der Waals surface area contributed by atoms with E-state index in [1.165, 1.54) is 149 Å². The summed E-state index contributed by atoms with van der Waals surface area (Å²) in [5.41, 5.74) is 40.5. The van der Waals surface area contributed by atoms with Gasteiger partial charge in [0.05, 0.1) is 60.7 Å². The molecule has 18 aromatic carbocycles. The van der Waals surface area contributed by atoms with Gasteiger partial charge in [0.15, 0.2) is 5.82 Å². The van der Waals surface area contributed by atoms with E-state index in [9.17, 15) is 0 Å². The summed E-state index contributed by atoms with van der Waals surface area (Å²) in [4.78, 5) is 11.3. The Bertz CT molecular complexity index is 8680. The number of benzene rings is 18. The first-order valence-corrected chi connectivity index (χ1v) is 44.1. The number of hydrogen-bond donors (Lipinski definition) is 0. The second kappa shape index (κ2) is 25.7. The smallest absolute Gasteiger partial charge is 0.162 e. The van der Waals surface area contributed by atoms with E-state index in [1.807, 2.05) is 0 Å². The quantitative estimate of drug-likeness (QED) is 0.145. The molecule has 0 bridgehead atoms. The minimum Gasteiger partial charge on any atom is -0.309 e. The second-order valence-corrected chi connectivity index (χ2v) is 36.8. The number of hydrogen-bond acceptors (Lipinski definition) is 2. The second-order valence-electron chi connectivity index (χ2n) is 36.8. The van der Waals surface area contributed by atoms with Crippen molar-refractivity contribution in [3.8, 4) is 107 Å². The van der Waals surface area contributed by atoms with Crippen LogP contribution >= 0.6 is 0 Å². The van der Waals surface area contributed by atoms with Crippen molar-refractivity contribution < 1.29 is 0 Å². The summed E-state index contributed by atoms with van der Waals surface area (Å²) in [7, 11) is 0. The maximum atomic E-state index is 5.77. The molecule has 0 aliphatic heterocycles. The van der Waals surface area contributed by atoms with Crippen molar-refractivity contribution in [3.05, 3.63) is 416 Å². The van der Waals surface area contributed by atoms with Gasteiger partial charge in [-0.1, -0.05) is 266 Å². The number of fused-ring (bicyclic) bond motifs is 25. The Labute approximate surface area is 727 Å². The van der Waals surface area contributed by atoms with E-state index in [1.54, 1.807) is 0 Å². The van der Waals surface area contributed by atoms with Gasteiger partial charge in [0, 0.05) is 104 Å². The van der Waals surface area contributed by atoms with Crippen molar-refractivity contribution >= 4 is 120 Å². The molecule has 24 aromatic rings. The van der Waals surface area contributed by atoms with Gasteiger partial charge in [-0.05, 0) is 258 Å². The Morgan fingerprint density at radius 1 is 0.175 bits per heavy atom. The molecule has 0 unspecified atom stereocenters. The molecule has 0 amide bonds. The first-order chi connectivity index (χ1) is 61.7. The van der Waals surface area contributed by atoms with E-state index in [-0.39, 0.29) is 16.2 Å². The van der Waals surface area contributed by atoms with Crippen molar-refractivity contribution in [1.29, 1.82) is 0 Å². The van der Waals surface area contributed by atoms with Crippen molar-refractivity contribution in [2.45, 2.75) is 57.8 Å². The van der Waals surface area contributed by atoms with Crippen LogP contribution in [0.15, 0.2) is 382 Å². The van der Waals surface area contributed by atoms with Crippen LogP contribution in [-0.4, -0.2) is 32.8 Å². The molecule has 6 aromatic heterocycles. The van der Waals surface area contributed by atoms with Crippen LogP contribution in [0.1, 0.15) is 74.9 Å². The third kappa shape index (κ3) is 9.88. The SMILES string of the molecule is CC1(C)c2ccccc2-c2ccc(-n3c4ccccc4c4cc(-c5ccc6c(c5)c5cc(-c7ccc8c(c7)c7ccccc7n8-c7ccc8c(c7)C(C)(C)c7ccccc7-8)ccc5n6-c5cccc(-c6nc(-n7c8ccccc8c8cc(-c9ccc%10c(c9)c9ccccc9n%10-c9ccc%10c(c9)C(C)(C)c9ccccc9-%10)ccc87)c7ccccc7n6)c5)ccc43)cc21. The molecule has 3 aliphatic carbocycles. The molecule has 0 saturated heterocycles. The zero-order valence-electron chi connectivity index (χ0n) is 70.5. The van der Waals surface area contributed by atoms with Crippen LogP contribution in [0.5, 0.6) is 0 Å². The lowest BCUT2D eigenvalue weighted by Crippen LogP contribution is -2.15. The summed E-state index contributed by atoms with van der Waals surface area (Å²) >= 11 is 0. The van der Waals surface area contributed by atoms with Crippen LogP contribution in [0, 0.1) is 0 Å². The fourth-order valence-electron chi connectivity index (χ4n) is 23.0. The van der Waals surface area contributed by atoms with Gasteiger partial charge in [-0.2, -0.15) is 0 Å². The zero-order valence-corrected chi connectivity index (χ0v) is 70.5. The topological polar surface area (TPSA) is 50.4 Å². The van der Waals surface area contributed by atoms with Gasteiger partial charge in [-0.25, -0.2) is 9.97 Å². The molecule has 0 radical (unpaired) electrons. The van der Waals surface area contributed by atoms with E-state index < -0.39 is 0 Å². The average molecular weight is 1610 g/mol. The molecule has 592 valence electrons. The molecule has 126 heavy (non-hydrogen) atoms. The summed E-state index contributed by atoms with van der Waals surface area (Å²) in [6.07, 6.45) is 0. The molecule has 0 fully saturated rings. The molecule has 0 atom stereocenters. The number of aromatic nitrogens is 7. The highest BCUT2D eigenvalue weighted by molar-refractivity contribution is 6.17. The molecule has 7 heteroatoms. The van der Waals surface area contributed by atoms with E-state index in [0.717, 1.165) is 105 Å². The minimum absolute atomic E-state index is 0.117. The Kier molecular flexibility index (Phi) is 14.5. The van der Waals surface area contributed by atoms with Gasteiger partial charge in [0.25, 0.3) is 0 Å².